The van der Waals surface area contributed by atoms with Crippen LogP contribution in [0.2, 0.25) is 0 Å². The third-order valence-electron chi connectivity index (χ3n) is 4.96. The van der Waals surface area contributed by atoms with Gasteiger partial charge in [0.1, 0.15) is 11.4 Å². The van der Waals surface area contributed by atoms with Gasteiger partial charge in [0.25, 0.3) is 11.8 Å². The fourth-order valence-electron chi connectivity index (χ4n) is 3.27. The van der Waals surface area contributed by atoms with E-state index < -0.39 is 5.91 Å². The van der Waals surface area contributed by atoms with Crippen LogP contribution in [0.3, 0.4) is 0 Å². The summed E-state index contributed by atoms with van der Waals surface area (Å²) in [6, 6.07) is 29.6. The van der Waals surface area contributed by atoms with E-state index in [4.69, 9.17) is 4.74 Å². The zero-order valence-electron chi connectivity index (χ0n) is 17.5. The van der Waals surface area contributed by atoms with Crippen molar-refractivity contribution < 1.29 is 14.3 Å². The normalized spacial score (nSPS) is 11.1. The number of hydrogen-bond acceptors (Lipinski definition) is 3. The number of benzene rings is 4. The highest BCUT2D eigenvalue weighted by Gasteiger charge is 2.15. The summed E-state index contributed by atoms with van der Waals surface area (Å²) in [6.07, 6.45) is 1.64. The van der Waals surface area contributed by atoms with E-state index in [0.717, 1.165) is 16.3 Å². The van der Waals surface area contributed by atoms with E-state index in [1.807, 2.05) is 60.7 Å². The average Bonchev–Trinajstić information content (AvgIpc) is 2.84. The molecule has 4 rings (SSSR count). The molecule has 0 heterocycles. The Morgan fingerprint density at radius 3 is 2.19 bits per heavy atom. The second kappa shape index (κ2) is 9.62. The van der Waals surface area contributed by atoms with Crippen molar-refractivity contribution >= 4 is 34.4 Å². The molecule has 0 aliphatic heterocycles. The molecule has 0 aliphatic carbocycles. The van der Waals surface area contributed by atoms with E-state index in [1.165, 1.54) is 0 Å². The fraction of sp³-hybridized carbons (Fsp3) is 0.0370. The van der Waals surface area contributed by atoms with E-state index in [9.17, 15) is 9.59 Å². The van der Waals surface area contributed by atoms with Gasteiger partial charge in [-0.05, 0) is 58.8 Å². The molecule has 0 atom stereocenters. The van der Waals surface area contributed by atoms with Gasteiger partial charge in [0.05, 0.1) is 7.11 Å². The largest absolute Gasteiger partial charge is 0.497 e. The quantitative estimate of drug-likeness (QED) is 0.417. The first kappa shape index (κ1) is 20.9. The summed E-state index contributed by atoms with van der Waals surface area (Å²) < 4.78 is 5.19. The standard InChI is InChI=1S/C27H22N2O3/c1-32-24-15-11-19(12-16-24)17-25(29-26(30)21-8-3-2-4-9-21)27(31)28-23-14-13-20-7-5-6-10-22(20)18-23/h2-18H,1H3,(H,28,31)(H,29,30)/b25-17-. The van der Waals surface area contributed by atoms with Crippen molar-refractivity contribution in [2.75, 3.05) is 12.4 Å². The minimum atomic E-state index is -0.416. The molecule has 158 valence electrons. The number of carbonyl (C=O) groups is 2. The Bertz CT molecular complexity index is 1280. The van der Waals surface area contributed by atoms with E-state index in [0.29, 0.717) is 17.0 Å². The average molecular weight is 422 g/mol. The van der Waals surface area contributed by atoms with Gasteiger partial charge in [-0.1, -0.05) is 60.7 Å². The van der Waals surface area contributed by atoms with Crippen molar-refractivity contribution in [1.82, 2.24) is 5.32 Å². The van der Waals surface area contributed by atoms with Crippen LogP contribution in [-0.4, -0.2) is 18.9 Å². The highest BCUT2D eigenvalue weighted by Crippen LogP contribution is 2.20. The Morgan fingerprint density at radius 2 is 1.47 bits per heavy atom. The van der Waals surface area contributed by atoms with Gasteiger partial charge in [-0.3, -0.25) is 9.59 Å². The Kier molecular flexibility index (Phi) is 6.28. The third-order valence-corrected chi connectivity index (χ3v) is 4.96. The number of anilines is 1. The minimum absolute atomic E-state index is 0.136. The van der Waals surface area contributed by atoms with Crippen LogP contribution < -0.4 is 15.4 Å². The van der Waals surface area contributed by atoms with Gasteiger partial charge in [0.2, 0.25) is 0 Å². The molecule has 4 aromatic rings. The SMILES string of the molecule is COc1ccc(/C=C(\NC(=O)c2ccccc2)C(=O)Nc2ccc3ccccc3c2)cc1. The van der Waals surface area contributed by atoms with E-state index in [2.05, 4.69) is 10.6 Å². The van der Waals surface area contributed by atoms with Crippen LogP contribution >= 0.6 is 0 Å². The summed E-state index contributed by atoms with van der Waals surface area (Å²) in [7, 11) is 1.59. The van der Waals surface area contributed by atoms with Gasteiger partial charge in [-0.15, -0.1) is 0 Å². The summed E-state index contributed by atoms with van der Waals surface area (Å²) >= 11 is 0. The van der Waals surface area contributed by atoms with Crippen LogP contribution in [0.1, 0.15) is 15.9 Å². The highest BCUT2D eigenvalue weighted by atomic mass is 16.5. The Hall–Kier alpha value is -4.38. The molecule has 0 bridgehead atoms. The topological polar surface area (TPSA) is 67.4 Å². The van der Waals surface area contributed by atoms with E-state index in [1.54, 1.807) is 49.6 Å². The summed E-state index contributed by atoms with van der Waals surface area (Å²) in [4.78, 5) is 25.8. The van der Waals surface area contributed by atoms with Crippen LogP contribution in [0.25, 0.3) is 16.8 Å². The van der Waals surface area contributed by atoms with Crippen LogP contribution in [0.4, 0.5) is 5.69 Å². The summed E-state index contributed by atoms with van der Waals surface area (Å²) in [5, 5.41) is 7.73. The molecule has 0 spiro atoms. The number of amides is 2. The molecule has 0 aliphatic rings. The number of fused-ring (bicyclic) bond motifs is 1. The van der Waals surface area contributed by atoms with Gasteiger partial charge >= 0.3 is 0 Å². The molecule has 2 amide bonds. The van der Waals surface area contributed by atoms with Crippen LogP contribution in [0.5, 0.6) is 5.75 Å². The summed E-state index contributed by atoms with van der Waals surface area (Å²) in [5.41, 5.74) is 2.00. The van der Waals surface area contributed by atoms with Gasteiger partial charge in [0.15, 0.2) is 0 Å². The van der Waals surface area contributed by atoms with Crippen LogP contribution in [0, 0.1) is 0 Å². The molecule has 4 aromatic carbocycles. The maximum Gasteiger partial charge on any atom is 0.272 e. The van der Waals surface area contributed by atoms with Gasteiger partial charge in [0, 0.05) is 11.3 Å². The Morgan fingerprint density at radius 1 is 0.781 bits per heavy atom. The molecule has 2 N–H and O–H groups in total. The van der Waals surface area contributed by atoms with E-state index in [-0.39, 0.29) is 11.6 Å². The first-order valence-corrected chi connectivity index (χ1v) is 10.1. The second-order valence-electron chi connectivity index (χ2n) is 7.17. The molecule has 5 nitrogen and oxygen atoms in total. The Balaban J connectivity index is 1.62. The maximum absolute atomic E-state index is 13.1. The molecular weight excluding hydrogens is 400 g/mol. The van der Waals surface area contributed by atoms with Crippen molar-refractivity contribution in [1.29, 1.82) is 0 Å². The molecule has 0 unspecified atom stereocenters. The van der Waals surface area contributed by atoms with Crippen LogP contribution in [-0.2, 0) is 4.79 Å². The van der Waals surface area contributed by atoms with Crippen LogP contribution in [0.15, 0.2) is 103 Å². The predicted octanol–water partition coefficient (Wildman–Crippen LogP) is 5.26. The molecule has 32 heavy (non-hydrogen) atoms. The number of methoxy groups -OCH3 is 1. The van der Waals surface area contributed by atoms with Crippen molar-refractivity contribution in [3.05, 3.63) is 114 Å². The lowest BCUT2D eigenvalue weighted by Gasteiger charge is -2.12. The predicted molar refractivity (Wildman–Crippen MR) is 127 cm³/mol. The first-order chi connectivity index (χ1) is 15.6. The van der Waals surface area contributed by atoms with Crippen molar-refractivity contribution in [3.8, 4) is 5.75 Å². The summed E-state index contributed by atoms with van der Waals surface area (Å²) in [6.45, 7) is 0. The third kappa shape index (κ3) is 5.02. The lowest BCUT2D eigenvalue weighted by atomic mass is 10.1. The number of rotatable bonds is 6. The molecule has 0 saturated heterocycles. The molecule has 5 heteroatoms. The molecule has 0 aromatic heterocycles. The van der Waals surface area contributed by atoms with Gasteiger partial charge < -0.3 is 15.4 Å². The zero-order chi connectivity index (χ0) is 22.3. The van der Waals surface area contributed by atoms with Crippen molar-refractivity contribution in [3.63, 3.8) is 0 Å². The highest BCUT2D eigenvalue weighted by molar-refractivity contribution is 6.11. The maximum atomic E-state index is 13.1. The smallest absolute Gasteiger partial charge is 0.272 e. The number of carbonyl (C=O) groups excluding carboxylic acids is 2. The van der Waals surface area contributed by atoms with Gasteiger partial charge in [-0.25, -0.2) is 0 Å². The fourth-order valence-corrected chi connectivity index (χ4v) is 3.27. The first-order valence-electron chi connectivity index (χ1n) is 10.1. The monoisotopic (exact) mass is 422 g/mol. The number of hydrogen-bond donors (Lipinski definition) is 2. The minimum Gasteiger partial charge on any atom is -0.497 e. The number of nitrogens with one attached hydrogen (secondary N) is 2. The zero-order valence-corrected chi connectivity index (χ0v) is 17.5. The Labute approximate surface area is 186 Å². The summed E-state index contributed by atoms with van der Waals surface area (Å²) in [5.74, 6) is -0.0722. The van der Waals surface area contributed by atoms with E-state index >= 15 is 0 Å². The molecule has 0 fully saturated rings. The van der Waals surface area contributed by atoms with Gasteiger partial charge in [-0.2, -0.15) is 0 Å². The second-order valence-corrected chi connectivity index (χ2v) is 7.17. The van der Waals surface area contributed by atoms with Crippen molar-refractivity contribution in [2.24, 2.45) is 0 Å². The molecule has 0 radical (unpaired) electrons. The molecule has 0 saturated carbocycles. The molecular formula is C27H22N2O3. The lowest BCUT2D eigenvalue weighted by molar-refractivity contribution is -0.113. The number of ether oxygens (including phenoxy) is 1. The van der Waals surface area contributed by atoms with Crippen molar-refractivity contribution in [2.45, 2.75) is 0 Å². The lowest BCUT2D eigenvalue weighted by Crippen LogP contribution is -2.30.